The van der Waals surface area contributed by atoms with E-state index in [0.717, 1.165) is 65.6 Å². The largest absolute Gasteiger partial charge is 0.508 e. The Kier molecular flexibility index (Phi) is 15.7. The average Bonchev–Trinajstić information content (AvgIpc) is 0.836. The minimum absolute atomic E-state index is 0.00861. The molecule has 8 unspecified atom stereocenters. The first-order valence-corrected chi connectivity index (χ1v) is 27.6. The summed E-state index contributed by atoms with van der Waals surface area (Å²) in [6.45, 7) is 1.18. The molecule has 89 heavy (non-hydrogen) atoms. The van der Waals surface area contributed by atoms with Gasteiger partial charge in [0, 0.05) is 54.8 Å². The summed E-state index contributed by atoms with van der Waals surface area (Å²) in [6.07, 6.45) is -2.48. The van der Waals surface area contributed by atoms with Crippen LogP contribution >= 0.6 is 23.2 Å². The number of hydrogen-bond donors (Lipinski definition) is 14. The number of hydrogen-bond acceptors (Lipinski definition) is 18. The van der Waals surface area contributed by atoms with Crippen LogP contribution in [0.15, 0.2) is 115 Å². The second-order valence-electron chi connectivity index (χ2n) is 21.1. The third-order valence-corrected chi connectivity index (χ3v) is 16.0. The maximum atomic E-state index is 15.8. The van der Waals surface area contributed by atoms with Crippen LogP contribution in [0.2, 0.25) is 10.0 Å². The van der Waals surface area contributed by atoms with Gasteiger partial charge in [0.15, 0.2) is 29.0 Å². The number of nitrogens with zero attached hydrogens (tertiary/aromatic N) is 1. The molecule has 0 fully saturated rings. The van der Waals surface area contributed by atoms with Gasteiger partial charge in [0.25, 0.3) is 0 Å². The number of phenols is 6. The molecule has 6 heterocycles. The number of fused-ring (bicyclic) bond motifs is 14. The van der Waals surface area contributed by atoms with Gasteiger partial charge in [0.1, 0.15) is 82.6 Å². The summed E-state index contributed by atoms with van der Waals surface area (Å²) in [6, 6.07) is 8.18. The summed E-state index contributed by atoms with van der Waals surface area (Å²) in [7, 11) is 1.31. The Morgan fingerprint density at radius 3 is 1.84 bits per heavy atom. The number of nitrogens with one attached hydrogen (secondary N) is 6. The van der Waals surface area contributed by atoms with Crippen molar-refractivity contribution in [2.75, 3.05) is 7.05 Å². The number of aromatic hydroxyl groups is 6. The highest BCUT2D eigenvalue weighted by atomic mass is 35.5. The maximum absolute atomic E-state index is 15.8. The first-order chi connectivity index (χ1) is 42.3. The highest BCUT2D eigenvalue weighted by molar-refractivity contribution is 6.33. The highest BCUT2D eigenvalue weighted by Crippen LogP contribution is 2.48. The maximum Gasteiger partial charge on any atom is 0.330 e. The van der Waals surface area contributed by atoms with Crippen molar-refractivity contribution < 1.29 is 93.4 Å². The van der Waals surface area contributed by atoms with Crippen LogP contribution in [-0.2, 0) is 44.8 Å². The lowest BCUT2D eigenvalue weighted by molar-refractivity contribution is -0.143. The van der Waals surface area contributed by atoms with Gasteiger partial charge in [-0.15, -0.1) is 0 Å². The number of benzene rings is 7. The fraction of sp³-hybridized carbons (Fsp3) is 0.180. The van der Waals surface area contributed by atoms with E-state index in [1.807, 2.05) is 0 Å². The minimum Gasteiger partial charge on any atom is -0.508 e. The van der Waals surface area contributed by atoms with E-state index in [-0.39, 0.29) is 56.7 Å². The molecule has 6 aliphatic heterocycles. The lowest BCUT2D eigenvalue weighted by Crippen LogP contribution is -2.55. The molecule has 0 aromatic heterocycles. The second-order valence-corrected chi connectivity index (χ2v) is 21.9. The number of amides is 7. The van der Waals surface area contributed by atoms with Gasteiger partial charge in [-0.1, -0.05) is 53.5 Å². The Balaban J connectivity index is 1.14. The van der Waals surface area contributed by atoms with Crippen molar-refractivity contribution in [3.8, 4) is 80.1 Å². The molecule has 456 valence electrons. The van der Waals surface area contributed by atoms with E-state index in [1.54, 1.807) is 0 Å². The highest BCUT2D eigenvalue weighted by Gasteiger charge is 2.42. The number of carboxylic acid groups (broad SMARTS) is 1. The van der Waals surface area contributed by atoms with Crippen molar-refractivity contribution in [2.45, 2.75) is 61.7 Å². The number of carbonyl (C=O) groups excluding carboxylic acids is 7. The predicted octanol–water partition coefficient (Wildman–Crippen LogP) is 5.50. The van der Waals surface area contributed by atoms with E-state index < -0.39 is 169 Å². The number of rotatable bonds is 2. The zero-order valence-electron chi connectivity index (χ0n) is 46.1. The number of ether oxygens (including phenoxy) is 3. The van der Waals surface area contributed by atoms with E-state index in [0.29, 0.717) is 5.56 Å². The summed E-state index contributed by atoms with van der Waals surface area (Å²) in [4.78, 5) is 118. The molecule has 0 saturated carbocycles. The number of phenolic OH excluding ortho intramolecular Hbond substituents is 6. The zero-order valence-corrected chi connectivity index (χ0v) is 47.6. The number of likely N-dealkylation sites (N-methyl/N-ethyl adjacent to an activating group) is 1. The van der Waals surface area contributed by atoms with Crippen molar-refractivity contribution in [1.82, 2.24) is 36.8 Å². The molecular weight excluding hydrogens is 1210 g/mol. The number of aliphatic hydroxyl groups excluding tert-OH is 1. The molecule has 0 aliphatic carbocycles. The molecule has 6 aliphatic rings. The van der Waals surface area contributed by atoms with Crippen LogP contribution in [-0.4, -0.2) is 112 Å². The van der Waals surface area contributed by atoms with Gasteiger partial charge < -0.3 is 91.9 Å². The summed E-state index contributed by atoms with van der Waals surface area (Å²) in [5, 5.41) is 105. The first-order valence-electron chi connectivity index (χ1n) is 26.8. The average molecular weight is 1250 g/mol. The molecule has 28 heteroatoms. The lowest BCUT2D eigenvalue weighted by atomic mass is 9.89. The summed E-state index contributed by atoms with van der Waals surface area (Å²) < 4.78 is 18.5. The van der Waals surface area contributed by atoms with E-state index >= 15 is 19.2 Å². The molecule has 7 aromatic rings. The molecular formula is C61H49Cl2N7O19. The Hall–Kier alpha value is -11.0. The van der Waals surface area contributed by atoms with Crippen LogP contribution in [0.5, 0.6) is 69.0 Å². The van der Waals surface area contributed by atoms with Crippen LogP contribution in [0.25, 0.3) is 11.1 Å². The Labute approximate surface area is 511 Å². The van der Waals surface area contributed by atoms with E-state index in [1.165, 1.54) is 68.6 Å². The van der Waals surface area contributed by atoms with Gasteiger partial charge in [-0.05, 0) is 101 Å². The van der Waals surface area contributed by atoms with Crippen molar-refractivity contribution in [3.05, 3.63) is 164 Å². The van der Waals surface area contributed by atoms with E-state index in [2.05, 4.69) is 31.9 Å². The Morgan fingerprint density at radius 2 is 1.15 bits per heavy atom. The van der Waals surface area contributed by atoms with Gasteiger partial charge in [-0.3, -0.25) is 33.6 Å². The monoisotopic (exact) mass is 1250 g/mol. The second kappa shape index (κ2) is 23.4. The normalized spacial score (nSPS) is 21.5. The molecule has 7 amide bonds. The number of carbonyl (C=O) groups is 8. The third kappa shape index (κ3) is 11.5. The number of aliphatic carboxylic acids is 1. The van der Waals surface area contributed by atoms with Crippen LogP contribution in [0.4, 0.5) is 0 Å². The van der Waals surface area contributed by atoms with Crippen LogP contribution in [0, 0.1) is 0 Å². The first kappa shape index (κ1) is 59.8. The van der Waals surface area contributed by atoms with Crippen molar-refractivity contribution in [3.63, 3.8) is 0 Å². The number of carboxylic acids is 1. The van der Waals surface area contributed by atoms with Crippen LogP contribution in [0.3, 0.4) is 0 Å². The predicted molar refractivity (Wildman–Crippen MR) is 309 cm³/mol. The molecule has 13 rings (SSSR count). The molecule has 0 saturated heterocycles. The molecule has 26 nitrogen and oxygen atoms in total. The molecule has 14 N–H and O–H groups in total. The quantitative estimate of drug-likeness (QED) is 0.101. The number of halogens is 2. The number of aliphatic hydroxyl groups is 1. The van der Waals surface area contributed by atoms with Crippen LogP contribution < -0.4 is 46.1 Å². The van der Waals surface area contributed by atoms with E-state index in [9.17, 15) is 60.0 Å². The summed E-state index contributed by atoms with van der Waals surface area (Å²) in [5.74, 6) is -16.0. The standard InChI is InChI=1S/C61H49Cl2N7O19/c1-23(71)70(2)52-26-6-11-38(74)42(16-26)88-31-21-34(46(63)40(76)22-31)49-58(82)66-48-28-17-43(87-30-8-3-24(4-9-30)13-36(55(79)67-49)64-60(52)84)54(78)44(18-28)89-41-12-7-27(15-35(41)62)53(77)51-59(83)68-50(61(85)86)33-19-29(72)20-39(75)45(33)32-14-25(5-10-37(32)73)47(56(80)69-51)65-57(48)81/h3-12,14-22,36,47-53,72-78H,13H2,1-2H3,(H,64,84)(H,65,81)(H,66,82)(H,67,79)(H,68,83)(H,69,80)(H,85,86). The molecule has 7 aromatic carbocycles. The lowest BCUT2D eigenvalue weighted by Gasteiger charge is -2.31. The molecule has 17 bridgehead atoms. The third-order valence-electron chi connectivity index (χ3n) is 15.3. The van der Waals surface area contributed by atoms with Crippen molar-refractivity contribution in [1.29, 1.82) is 0 Å². The Bertz CT molecular complexity index is 4190. The SMILES string of the molecule is CC(=O)N(C)C1C(=O)NC2Cc3ccc(cc3)Oc3cc4cc(c3O)Oc3ccc(cc3Cl)C(O)C3NC(=O)C(NC(=O)C4NC(=O)C(NC2=O)c2cc(cc(O)c2Cl)Oc2cc1ccc2O)c1ccc(O)c(c1)-c1c(O)cc(O)cc1C(C(=O)O)NC3=O. The van der Waals surface area contributed by atoms with Gasteiger partial charge in [0.2, 0.25) is 47.1 Å². The fourth-order valence-electron chi connectivity index (χ4n) is 10.7. The topological polar surface area (TPSA) is 402 Å². The van der Waals surface area contributed by atoms with Gasteiger partial charge in [-0.2, -0.15) is 0 Å². The van der Waals surface area contributed by atoms with Gasteiger partial charge >= 0.3 is 5.97 Å². The van der Waals surface area contributed by atoms with E-state index in [4.69, 9.17) is 37.4 Å². The Morgan fingerprint density at radius 1 is 0.528 bits per heavy atom. The minimum atomic E-state index is -2.21. The molecule has 0 spiro atoms. The van der Waals surface area contributed by atoms with Gasteiger partial charge in [-0.25, -0.2) is 4.79 Å². The fourth-order valence-corrected chi connectivity index (χ4v) is 11.2. The summed E-state index contributed by atoms with van der Waals surface area (Å²) in [5.41, 5.74) is -2.24. The van der Waals surface area contributed by atoms with Crippen molar-refractivity contribution in [2.24, 2.45) is 0 Å². The smallest absolute Gasteiger partial charge is 0.330 e. The van der Waals surface area contributed by atoms with Crippen molar-refractivity contribution >= 4 is 70.5 Å². The molecule has 0 radical (unpaired) electrons. The van der Waals surface area contributed by atoms with Gasteiger partial charge in [0.05, 0.1) is 10.0 Å². The zero-order chi connectivity index (χ0) is 63.6. The van der Waals surface area contributed by atoms with Crippen LogP contribution in [0.1, 0.15) is 82.2 Å². The molecule has 8 atom stereocenters. The summed E-state index contributed by atoms with van der Waals surface area (Å²) >= 11 is 13.7.